The second-order valence-electron chi connectivity index (χ2n) is 2.55. The first-order valence-corrected chi connectivity index (χ1v) is 8.16. The Kier molecular flexibility index (Phi) is 6.37. The van der Waals surface area contributed by atoms with E-state index in [1.807, 2.05) is 18.2 Å². The Morgan fingerprint density at radius 1 is 0.933 bits per heavy atom. The number of rotatable bonds is 4. The molecule has 0 amide bonds. The Labute approximate surface area is 119 Å². The molecule has 0 unspecified atom stereocenters. The average Bonchev–Trinajstić information content (AvgIpc) is 2.09. The first kappa shape index (κ1) is 14.2. The van der Waals surface area contributed by atoms with E-state index >= 15 is 0 Å². The van der Waals surface area contributed by atoms with Crippen LogP contribution in [0.1, 0.15) is 0 Å². The fourth-order valence-electron chi connectivity index (χ4n) is 1.02. The lowest BCUT2D eigenvalue weighted by Crippen LogP contribution is -2.41. The van der Waals surface area contributed by atoms with Crippen LogP contribution in [0.15, 0.2) is 18.2 Å². The van der Waals surface area contributed by atoms with Crippen LogP contribution in [0, 0.1) is 0 Å². The van der Waals surface area contributed by atoms with Crippen LogP contribution in [0.25, 0.3) is 0 Å². The summed E-state index contributed by atoms with van der Waals surface area (Å²) in [6, 6.07) is 5.62. The molecule has 0 bridgehead atoms. The van der Waals surface area contributed by atoms with E-state index in [9.17, 15) is 0 Å². The summed E-state index contributed by atoms with van der Waals surface area (Å²) >= 11 is 29.1. The Bertz CT molecular complexity index is 329. The Balaban J connectivity index is 2.97. The third-order valence-electron chi connectivity index (χ3n) is 1.53. The molecule has 0 aliphatic carbocycles. The maximum Gasteiger partial charge on any atom is 0.126 e. The van der Waals surface area contributed by atoms with E-state index in [0.717, 1.165) is 10.4 Å². The van der Waals surface area contributed by atoms with Crippen LogP contribution < -0.4 is 10.4 Å². The molecule has 4 radical (unpaired) electrons. The summed E-state index contributed by atoms with van der Waals surface area (Å²) < 4.78 is -0.867. The highest BCUT2D eigenvalue weighted by molar-refractivity contribution is 6.84. The van der Waals surface area contributed by atoms with E-state index in [1.165, 1.54) is 0 Å². The van der Waals surface area contributed by atoms with Crippen molar-refractivity contribution in [3.8, 4) is 0 Å². The van der Waals surface area contributed by atoms with Gasteiger partial charge in [0, 0.05) is 5.02 Å². The minimum Gasteiger partial charge on any atom is -0.110 e. The Morgan fingerprint density at radius 2 is 1.53 bits per heavy atom. The molecule has 0 saturated carbocycles. The SMILES string of the molecule is Clc1cccc([Si]C(Cl)Cl)c1[Si]C(Cl)Cl. The van der Waals surface area contributed by atoms with Crippen molar-refractivity contribution in [1.82, 2.24) is 0 Å². The zero-order valence-corrected chi connectivity index (χ0v) is 13.1. The molecule has 0 aliphatic heterocycles. The minimum atomic E-state index is -0.447. The monoisotopic (exact) mass is 332 g/mol. The number of hydrogen-bond donors (Lipinski definition) is 0. The van der Waals surface area contributed by atoms with Crippen molar-refractivity contribution in [3.05, 3.63) is 23.2 Å². The summed E-state index contributed by atoms with van der Waals surface area (Å²) in [5.41, 5.74) is 0. The molecule has 0 saturated heterocycles. The van der Waals surface area contributed by atoms with Crippen LogP contribution in [0.4, 0.5) is 0 Å². The van der Waals surface area contributed by atoms with Crippen molar-refractivity contribution in [2.75, 3.05) is 0 Å². The summed E-state index contributed by atoms with van der Waals surface area (Å²) in [6.07, 6.45) is 0. The molecule has 1 aromatic rings. The van der Waals surface area contributed by atoms with Gasteiger partial charge in [-0.2, -0.15) is 0 Å². The summed E-state index contributed by atoms with van der Waals surface area (Å²) in [5.74, 6) is 0. The van der Waals surface area contributed by atoms with Crippen LogP contribution in [0.5, 0.6) is 0 Å². The normalized spacial score (nSPS) is 11.4. The van der Waals surface area contributed by atoms with Crippen molar-refractivity contribution in [2.24, 2.45) is 0 Å². The third-order valence-corrected chi connectivity index (χ3v) is 5.56. The van der Waals surface area contributed by atoms with Gasteiger partial charge in [0.05, 0.1) is 8.92 Å². The first-order valence-electron chi connectivity index (χ1n) is 3.88. The van der Waals surface area contributed by atoms with E-state index in [2.05, 4.69) is 0 Å². The highest BCUT2D eigenvalue weighted by Gasteiger charge is 2.14. The molecule has 1 aromatic carbocycles. The molecule has 7 heteroatoms. The maximum absolute atomic E-state index is 6.06. The molecule has 0 heterocycles. The predicted molar refractivity (Wildman–Crippen MR) is 73.2 cm³/mol. The molecular formula is C8H5Cl5Si2. The molecule has 1 rings (SSSR count). The van der Waals surface area contributed by atoms with Gasteiger partial charge in [0.25, 0.3) is 0 Å². The van der Waals surface area contributed by atoms with Gasteiger partial charge in [0.1, 0.15) is 19.0 Å². The fourth-order valence-corrected chi connectivity index (χ4v) is 4.61. The zero-order valence-electron chi connectivity index (χ0n) is 7.28. The molecule has 0 nitrogen and oxygen atoms in total. The fraction of sp³-hybridized carbons (Fsp3) is 0.250. The van der Waals surface area contributed by atoms with E-state index in [1.54, 1.807) is 0 Å². The lowest BCUT2D eigenvalue weighted by molar-refractivity contribution is 1.76. The summed E-state index contributed by atoms with van der Waals surface area (Å²) in [7, 11) is 0.538. The van der Waals surface area contributed by atoms with Crippen molar-refractivity contribution in [1.29, 1.82) is 0 Å². The van der Waals surface area contributed by atoms with Gasteiger partial charge in [0.15, 0.2) is 0 Å². The molecule has 0 fully saturated rings. The lowest BCUT2D eigenvalue weighted by Gasteiger charge is -2.10. The molecular weight excluding hydrogens is 330 g/mol. The topological polar surface area (TPSA) is 0 Å². The minimum absolute atomic E-state index is 0.247. The quantitative estimate of drug-likeness (QED) is 0.586. The van der Waals surface area contributed by atoms with Gasteiger partial charge in [-0.05, 0) is 11.3 Å². The highest BCUT2D eigenvalue weighted by atomic mass is 35.5. The second-order valence-corrected chi connectivity index (χ2v) is 9.39. The maximum atomic E-state index is 6.06. The Hall–Kier alpha value is 1.10. The van der Waals surface area contributed by atoms with Crippen molar-refractivity contribution in [3.63, 3.8) is 0 Å². The Morgan fingerprint density at radius 3 is 2.07 bits per heavy atom. The number of alkyl halides is 4. The van der Waals surface area contributed by atoms with Crippen molar-refractivity contribution < 1.29 is 0 Å². The van der Waals surface area contributed by atoms with Gasteiger partial charge in [-0.25, -0.2) is 0 Å². The van der Waals surface area contributed by atoms with Gasteiger partial charge in [-0.1, -0.05) is 28.9 Å². The molecule has 0 aromatic heterocycles. The first-order chi connectivity index (χ1) is 7.00. The van der Waals surface area contributed by atoms with Crippen LogP contribution in [-0.4, -0.2) is 28.0 Å². The molecule has 80 valence electrons. The molecule has 0 spiro atoms. The lowest BCUT2D eigenvalue weighted by atomic mass is 10.4. The molecule has 15 heavy (non-hydrogen) atoms. The standard InChI is InChI=1S/C8H5Cl5Si2/c9-4-2-1-3-5(14-7(10)11)6(4)15-8(12)13/h1-3,7-8H. The molecule has 0 atom stereocenters. The predicted octanol–water partition coefficient (Wildman–Crippen LogP) is 2.52. The van der Waals surface area contributed by atoms with Gasteiger partial charge in [0.2, 0.25) is 0 Å². The van der Waals surface area contributed by atoms with Crippen LogP contribution >= 0.6 is 58.0 Å². The van der Waals surface area contributed by atoms with Gasteiger partial charge in [-0.15, -0.1) is 46.4 Å². The van der Waals surface area contributed by atoms with Gasteiger partial charge < -0.3 is 0 Å². The summed E-state index contributed by atoms with van der Waals surface area (Å²) in [4.78, 5) is 0. The third kappa shape index (κ3) is 4.86. The smallest absolute Gasteiger partial charge is 0.110 e. The van der Waals surface area contributed by atoms with Gasteiger partial charge >= 0.3 is 0 Å². The highest BCUT2D eigenvalue weighted by Crippen LogP contribution is 2.07. The van der Waals surface area contributed by atoms with E-state index in [4.69, 9.17) is 58.0 Å². The van der Waals surface area contributed by atoms with E-state index < -0.39 is 8.92 Å². The second kappa shape index (κ2) is 6.75. The van der Waals surface area contributed by atoms with E-state index in [-0.39, 0.29) is 9.52 Å². The van der Waals surface area contributed by atoms with Crippen molar-refractivity contribution >= 4 is 87.4 Å². The largest absolute Gasteiger partial charge is 0.126 e. The summed E-state index contributed by atoms with van der Waals surface area (Å²) in [6.45, 7) is 0. The molecule has 0 N–H and O–H groups in total. The summed E-state index contributed by atoms with van der Waals surface area (Å²) in [5, 5.41) is 2.65. The molecule has 0 aliphatic rings. The zero-order chi connectivity index (χ0) is 11.4. The van der Waals surface area contributed by atoms with Crippen LogP contribution in [-0.2, 0) is 0 Å². The number of halogens is 5. The van der Waals surface area contributed by atoms with Crippen molar-refractivity contribution in [2.45, 2.75) is 8.92 Å². The number of benzene rings is 1. The van der Waals surface area contributed by atoms with Crippen LogP contribution in [0.2, 0.25) is 5.02 Å². The average molecular weight is 335 g/mol. The number of hydrogen-bond acceptors (Lipinski definition) is 0. The van der Waals surface area contributed by atoms with Crippen LogP contribution in [0.3, 0.4) is 0 Å². The van der Waals surface area contributed by atoms with E-state index in [0.29, 0.717) is 14.5 Å². The van der Waals surface area contributed by atoms with Gasteiger partial charge in [-0.3, -0.25) is 0 Å².